The van der Waals surface area contributed by atoms with Crippen molar-refractivity contribution in [3.63, 3.8) is 0 Å². The minimum absolute atomic E-state index is 0.0293. The van der Waals surface area contributed by atoms with E-state index in [4.69, 9.17) is 25.3 Å². The number of rotatable bonds is 8. The van der Waals surface area contributed by atoms with Crippen LogP contribution in [0.5, 0.6) is 0 Å². The topological polar surface area (TPSA) is 133 Å². The predicted molar refractivity (Wildman–Crippen MR) is 152 cm³/mol. The smallest absolute Gasteiger partial charge is 0.335 e. The van der Waals surface area contributed by atoms with Gasteiger partial charge in [-0.05, 0) is 59.8 Å². The van der Waals surface area contributed by atoms with E-state index in [1.165, 1.54) is 0 Å². The molecule has 0 spiro atoms. The van der Waals surface area contributed by atoms with Crippen LogP contribution in [0.2, 0.25) is 0 Å². The van der Waals surface area contributed by atoms with Gasteiger partial charge >= 0.3 is 5.97 Å². The maximum absolute atomic E-state index is 12.3. The third-order valence-electron chi connectivity index (χ3n) is 7.99. The lowest BCUT2D eigenvalue weighted by atomic mass is 9.77. The Kier molecular flexibility index (Phi) is 7.58. The van der Waals surface area contributed by atoms with Gasteiger partial charge in [0.25, 0.3) is 0 Å². The van der Waals surface area contributed by atoms with E-state index in [1.807, 2.05) is 47.3 Å². The van der Waals surface area contributed by atoms with Gasteiger partial charge in [-0.1, -0.05) is 18.2 Å². The van der Waals surface area contributed by atoms with E-state index in [0.717, 1.165) is 35.7 Å². The number of carboxylic acid groups (broad SMARTS) is 1. The molecular formula is C28H32BrN7O4. The number of benzene rings is 1. The fraction of sp³-hybridized carbons (Fsp3) is 0.429. The van der Waals surface area contributed by atoms with Crippen LogP contribution in [0, 0.1) is 0 Å². The lowest BCUT2D eigenvalue weighted by Crippen LogP contribution is -2.47. The van der Waals surface area contributed by atoms with Crippen LogP contribution in [0.3, 0.4) is 0 Å². The Hall–Kier alpha value is -3.32. The number of anilines is 1. The molecule has 3 N–H and O–H groups in total. The van der Waals surface area contributed by atoms with E-state index in [1.54, 1.807) is 10.7 Å². The summed E-state index contributed by atoms with van der Waals surface area (Å²) in [5.74, 6) is -0.422. The standard InChI is InChI=1S/C28H32BrN7O4/c29-23-24(19-6-9-28(10-7-19,27(37)38)40-17-14-34-12-15-39-16-13-34)32-26-21(18-31-36(26)25(23)30)22-8-11-35(33-22)20-4-2-1-3-5-20/h1-5,8,11,18-19H,6-7,9-10,12-17,30H2,(H,37,38). The predicted octanol–water partition coefficient (Wildman–Crippen LogP) is 3.76. The van der Waals surface area contributed by atoms with Crippen LogP contribution in [0.4, 0.5) is 5.82 Å². The Morgan fingerprint density at radius 1 is 1.18 bits per heavy atom. The van der Waals surface area contributed by atoms with Crippen molar-refractivity contribution in [1.29, 1.82) is 0 Å². The molecule has 2 fully saturated rings. The Morgan fingerprint density at radius 3 is 2.65 bits per heavy atom. The van der Waals surface area contributed by atoms with Crippen LogP contribution >= 0.6 is 15.9 Å². The molecule has 0 unspecified atom stereocenters. The van der Waals surface area contributed by atoms with Crippen LogP contribution in [-0.2, 0) is 14.3 Å². The zero-order valence-electron chi connectivity index (χ0n) is 22.1. The minimum atomic E-state index is -1.18. The Bertz CT molecular complexity index is 1490. The van der Waals surface area contributed by atoms with Crippen molar-refractivity contribution in [1.82, 2.24) is 29.3 Å². The van der Waals surface area contributed by atoms with Crippen LogP contribution in [0.25, 0.3) is 22.6 Å². The molecule has 0 amide bonds. The molecule has 1 aromatic carbocycles. The van der Waals surface area contributed by atoms with E-state index in [2.05, 4.69) is 25.9 Å². The highest BCUT2D eigenvalue weighted by Crippen LogP contribution is 2.43. The highest BCUT2D eigenvalue weighted by Gasteiger charge is 2.44. The summed E-state index contributed by atoms with van der Waals surface area (Å²) < 4.78 is 15.6. The van der Waals surface area contributed by atoms with Gasteiger partial charge in [-0.2, -0.15) is 14.7 Å². The van der Waals surface area contributed by atoms with Crippen molar-refractivity contribution in [2.75, 3.05) is 45.2 Å². The summed E-state index contributed by atoms with van der Waals surface area (Å²) in [5, 5.41) is 19.3. The number of halogens is 1. The number of nitrogens with zero attached hydrogens (tertiary/aromatic N) is 6. The summed E-state index contributed by atoms with van der Waals surface area (Å²) in [6, 6.07) is 11.8. The van der Waals surface area contributed by atoms with Crippen LogP contribution in [0.1, 0.15) is 37.3 Å². The fourth-order valence-electron chi connectivity index (χ4n) is 5.63. The van der Waals surface area contributed by atoms with E-state index < -0.39 is 11.6 Å². The van der Waals surface area contributed by atoms with Crippen molar-refractivity contribution >= 4 is 33.4 Å². The first kappa shape index (κ1) is 26.9. The molecule has 0 atom stereocenters. The van der Waals surface area contributed by atoms with Gasteiger partial charge in [0, 0.05) is 31.7 Å². The number of morpholine rings is 1. The number of hydrogen-bond acceptors (Lipinski definition) is 8. The molecule has 40 heavy (non-hydrogen) atoms. The fourth-order valence-corrected chi connectivity index (χ4v) is 6.21. The molecule has 210 valence electrons. The second-order valence-electron chi connectivity index (χ2n) is 10.3. The highest BCUT2D eigenvalue weighted by molar-refractivity contribution is 9.10. The summed E-state index contributed by atoms with van der Waals surface area (Å²) in [6.45, 7) is 4.18. The molecule has 1 saturated carbocycles. The molecule has 4 heterocycles. The molecule has 1 saturated heterocycles. The quantitative estimate of drug-likeness (QED) is 0.306. The Balaban J connectivity index is 1.21. The molecule has 4 aromatic rings. The lowest BCUT2D eigenvalue weighted by Gasteiger charge is -2.37. The first-order chi connectivity index (χ1) is 19.4. The first-order valence-electron chi connectivity index (χ1n) is 13.6. The Morgan fingerprint density at radius 2 is 1.93 bits per heavy atom. The lowest BCUT2D eigenvalue weighted by molar-refractivity contribution is -0.172. The molecule has 0 bridgehead atoms. The zero-order chi connectivity index (χ0) is 27.7. The monoisotopic (exact) mass is 609 g/mol. The van der Waals surface area contributed by atoms with Crippen molar-refractivity contribution in [2.24, 2.45) is 0 Å². The second kappa shape index (κ2) is 11.3. The van der Waals surface area contributed by atoms with Gasteiger partial charge in [0.2, 0.25) is 0 Å². The molecule has 1 aliphatic heterocycles. The maximum atomic E-state index is 12.3. The number of aliphatic carboxylic acids is 1. The highest BCUT2D eigenvalue weighted by atomic mass is 79.9. The van der Waals surface area contributed by atoms with Crippen molar-refractivity contribution in [2.45, 2.75) is 37.2 Å². The summed E-state index contributed by atoms with van der Waals surface area (Å²) >= 11 is 3.65. The van der Waals surface area contributed by atoms with Crippen molar-refractivity contribution < 1.29 is 19.4 Å². The first-order valence-corrected chi connectivity index (χ1v) is 14.4. The van der Waals surface area contributed by atoms with Crippen molar-refractivity contribution in [3.8, 4) is 16.9 Å². The number of nitrogen functional groups attached to an aromatic ring is 1. The molecule has 6 rings (SSSR count). The van der Waals surface area contributed by atoms with E-state index in [0.29, 0.717) is 68.0 Å². The van der Waals surface area contributed by atoms with Gasteiger partial charge in [0.15, 0.2) is 11.2 Å². The summed E-state index contributed by atoms with van der Waals surface area (Å²) in [5.41, 5.74) is 9.22. The molecular weight excluding hydrogens is 578 g/mol. The largest absolute Gasteiger partial charge is 0.479 e. The van der Waals surface area contributed by atoms with Gasteiger partial charge in [0.1, 0.15) is 5.82 Å². The van der Waals surface area contributed by atoms with Crippen LogP contribution < -0.4 is 5.73 Å². The van der Waals surface area contributed by atoms with Gasteiger partial charge < -0.3 is 20.3 Å². The molecule has 3 aromatic heterocycles. The molecule has 1 aliphatic carbocycles. The van der Waals surface area contributed by atoms with Gasteiger partial charge in [0.05, 0.1) is 53.1 Å². The minimum Gasteiger partial charge on any atom is -0.479 e. The number of hydrogen-bond donors (Lipinski definition) is 2. The van der Waals surface area contributed by atoms with Crippen molar-refractivity contribution in [3.05, 3.63) is 59.0 Å². The average Bonchev–Trinajstić information content (AvgIpc) is 3.64. The molecule has 12 heteroatoms. The molecule has 11 nitrogen and oxygen atoms in total. The van der Waals surface area contributed by atoms with Crippen LogP contribution in [-0.4, -0.2) is 85.4 Å². The number of nitrogens with two attached hydrogens (primary N) is 1. The van der Waals surface area contributed by atoms with Gasteiger partial charge in [-0.25, -0.2) is 14.5 Å². The third-order valence-corrected chi connectivity index (χ3v) is 8.81. The normalized spacial score (nSPS) is 22.1. The molecule has 2 aliphatic rings. The Labute approximate surface area is 240 Å². The van der Waals surface area contributed by atoms with E-state index in [-0.39, 0.29) is 5.92 Å². The molecule has 0 radical (unpaired) electrons. The zero-order valence-corrected chi connectivity index (χ0v) is 23.7. The summed E-state index contributed by atoms with van der Waals surface area (Å²) in [6.07, 6.45) is 5.69. The van der Waals surface area contributed by atoms with Crippen LogP contribution in [0.15, 0.2) is 53.3 Å². The summed E-state index contributed by atoms with van der Waals surface area (Å²) in [7, 11) is 0. The number of ether oxygens (including phenoxy) is 2. The summed E-state index contributed by atoms with van der Waals surface area (Å²) in [4.78, 5) is 19.6. The number of carbonyl (C=O) groups is 1. The third kappa shape index (κ3) is 5.12. The number of fused-ring (bicyclic) bond motifs is 1. The van der Waals surface area contributed by atoms with E-state index >= 15 is 0 Å². The number of carboxylic acids is 1. The maximum Gasteiger partial charge on any atom is 0.335 e. The number of aromatic nitrogens is 5. The number of para-hydroxylation sites is 1. The SMILES string of the molecule is Nc1c(Br)c(C2CCC(OCCN3CCOCC3)(C(=O)O)CC2)nc2c(-c3ccn(-c4ccccc4)n3)cnn12. The second-order valence-corrected chi connectivity index (χ2v) is 11.1. The van der Waals surface area contributed by atoms with Gasteiger partial charge in [-0.3, -0.25) is 4.90 Å². The van der Waals surface area contributed by atoms with Gasteiger partial charge in [-0.15, -0.1) is 0 Å². The van der Waals surface area contributed by atoms with E-state index in [9.17, 15) is 9.90 Å². The average molecular weight is 611 g/mol.